The van der Waals surface area contributed by atoms with Crippen LogP contribution in [-0.4, -0.2) is 45.3 Å². The largest absolute Gasteiger partial charge is 0.322 e. The van der Waals surface area contributed by atoms with Crippen LogP contribution >= 0.6 is 0 Å². The lowest BCUT2D eigenvalue weighted by Crippen LogP contribution is -2.37. The number of rotatable bonds is 6. The van der Waals surface area contributed by atoms with Gasteiger partial charge in [-0.2, -0.15) is 4.31 Å². The summed E-state index contributed by atoms with van der Waals surface area (Å²) in [5, 5.41) is 2.96. The van der Waals surface area contributed by atoms with Crippen molar-refractivity contribution < 1.29 is 18.2 Å². The molecule has 156 valence electrons. The number of carbonyl (C=O) groups excluding carboxylic acids is 1. The van der Waals surface area contributed by atoms with E-state index in [1.165, 1.54) is 6.20 Å². The summed E-state index contributed by atoms with van der Waals surface area (Å²) in [7, 11) is -1.69. The number of H-pyrrole nitrogens is 1. The molecule has 8 heteroatoms. The standard InChI is InChI=1S/C21H28N4O3S/c1-16-8-7-9-17(2)21(16)23-20(26)15-24(3)19-11-10-18(14-22-19)29(27,28)25-12-5-4-6-13-25/h7-11,14H,4-6,12-13,15H2,1-3H3,(H,23,26)/p+1. The second kappa shape index (κ2) is 8.92. The third kappa shape index (κ3) is 4.94. The van der Waals surface area contributed by atoms with Crippen molar-refractivity contribution in [3.63, 3.8) is 0 Å². The summed E-state index contributed by atoms with van der Waals surface area (Å²) in [5.74, 6) is 0.530. The van der Waals surface area contributed by atoms with Crippen LogP contribution in [0.3, 0.4) is 0 Å². The van der Waals surface area contributed by atoms with Gasteiger partial charge in [0.05, 0.1) is 7.05 Å². The fourth-order valence-corrected chi connectivity index (χ4v) is 5.03. The van der Waals surface area contributed by atoms with Gasteiger partial charge in [0.15, 0.2) is 6.54 Å². The van der Waals surface area contributed by atoms with Crippen LogP contribution in [0.2, 0.25) is 0 Å². The number of para-hydroxylation sites is 1. The number of hydrogen-bond donors (Lipinski definition) is 1. The highest BCUT2D eigenvalue weighted by Crippen LogP contribution is 2.21. The lowest BCUT2D eigenvalue weighted by molar-refractivity contribution is -0.366. The van der Waals surface area contributed by atoms with Crippen molar-refractivity contribution in [1.29, 1.82) is 0 Å². The molecule has 0 bridgehead atoms. The number of anilines is 2. The van der Waals surface area contributed by atoms with E-state index in [0.717, 1.165) is 36.1 Å². The molecule has 3 rings (SSSR count). The van der Waals surface area contributed by atoms with Crippen molar-refractivity contribution in [3.8, 4) is 0 Å². The van der Waals surface area contributed by atoms with Gasteiger partial charge in [-0.3, -0.25) is 9.69 Å². The molecule has 1 saturated heterocycles. The van der Waals surface area contributed by atoms with Gasteiger partial charge in [0.25, 0.3) is 11.7 Å². The molecule has 1 aromatic carbocycles. The van der Waals surface area contributed by atoms with Crippen LogP contribution in [0.25, 0.3) is 0 Å². The fraction of sp³-hybridized carbons (Fsp3) is 0.429. The first-order valence-electron chi connectivity index (χ1n) is 9.88. The highest BCUT2D eigenvalue weighted by molar-refractivity contribution is 7.89. The van der Waals surface area contributed by atoms with Crippen LogP contribution in [-0.2, 0) is 14.8 Å². The van der Waals surface area contributed by atoms with E-state index in [2.05, 4.69) is 10.3 Å². The number of nitrogens with zero attached hydrogens (tertiary/aromatic N) is 2. The van der Waals surface area contributed by atoms with Gasteiger partial charge in [-0.15, -0.1) is 0 Å². The molecule has 1 aliphatic rings. The second-order valence-electron chi connectivity index (χ2n) is 7.55. The van der Waals surface area contributed by atoms with Gasteiger partial charge in [0.1, 0.15) is 11.1 Å². The predicted molar refractivity (Wildman–Crippen MR) is 113 cm³/mol. The van der Waals surface area contributed by atoms with E-state index >= 15 is 0 Å². The van der Waals surface area contributed by atoms with E-state index in [9.17, 15) is 13.2 Å². The van der Waals surface area contributed by atoms with E-state index in [0.29, 0.717) is 18.9 Å². The lowest BCUT2D eigenvalue weighted by atomic mass is 10.1. The average Bonchev–Trinajstić information content (AvgIpc) is 2.71. The molecule has 0 atom stereocenters. The monoisotopic (exact) mass is 417 g/mol. The van der Waals surface area contributed by atoms with Crippen LogP contribution in [0.4, 0.5) is 11.5 Å². The smallest absolute Gasteiger partial charge is 0.274 e. The van der Waals surface area contributed by atoms with Gasteiger partial charge < -0.3 is 5.32 Å². The molecule has 0 saturated carbocycles. The van der Waals surface area contributed by atoms with Crippen LogP contribution in [0, 0.1) is 13.8 Å². The highest BCUT2D eigenvalue weighted by atomic mass is 32.2. The summed E-state index contributed by atoms with van der Waals surface area (Å²) in [6.45, 7) is 5.21. The van der Waals surface area contributed by atoms with Gasteiger partial charge in [-0.05, 0) is 43.9 Å². The summed E-state index contributed by atoms with van der Waals surface area (Å²) in [5.41, 5.74) is 2.86. The van der Waals surface area contributed by atoms with Crippen LogP contribution < -0.4 is 15.2 Å². The molecule has 7 nitrogen and oxygen atoms in total. The number of benzene rings is 1. The van der Waals surface area contributed by atoms with Gasteiger partial charge in [0.2, 0.25) is 10.0 Å². The minimum atomic E-state index is -3.47. The van der Waals surface area contributed by atoms with E-state index < -0.39 is 10.0 Å². The maximum absolute atomic E-state index is 12.7. The average molecular weight is 418 g/mol. The third-order valence-electron chi connectivity index (χ3n) is 5.26. The Hall–Kier alpha value is -2.45. The Balaban J connectivity index is 1.65. The number of nitrogens with one attached hydrogen (secondary N) is 2. The van der Waals surface area contributed by atoms with Gasteiger partial charge in [-0.1, -0.05) is 24.6 Å². The quantitative estimate of drug-likeness (QED) is 0.782. The zero-order chi connectivity index (χ0) is 21.0. The zero-order valence-electron chi connectivity index (χ0n) is 17.2. The molecule has 2 heterocycles. The number of aryl methyl sites for hydroxylation is 2. The molecule has 0 radical (unpaired) electrons. The van der Waals surface area contributed by atoms with Crippen molar-refractivity contribution >= 4 is 27.4 Å². The van der Waals surface area contributed by atoms with Crippen molar-refractivity contribution in [3.05, 3.63) is 47.7 Å². The molecule has 1 aromatic heterocycles. The number of aromatic nitrogens is 1. The predicted octanol–water partition coefficient (Wildman–Crippen LogP) is 2.37. The number of aromatic amines is 1. The SMILES string of the molecule is Cc1cccc(C)c1NC(=O)CN(C)c1ccc(S(=O)(=O)N2CCCCC2)c[nH+]1. The number of likely N-dealkylation sites (N-methyl/N-ethyl adjacent to an activating group) is 1. The molecular weight excluding hydrogens is 388 g/mol. The molecule has 0 aliphatic carbocycles. The second-order valence-corrected chi connectivity index (χ2v) is 9.48. The van der Waals surface area contributed by atoms with Crippen molar-refractivity contribution in [2.75, 3.05) is 36.9 Å². The lowest BCUT2D eigenvalue weighted by Gasteiger charge is -2.25. The van der Waals surface area contributed by atoms with Crippen LogP contribution in [0.5, 0.6) is 0 Å². The summed E-state index contributed by atoms with van der Waals surface area (Å²) in [4.78, 5) is 17.5. The van der Waals surface area contributed by atoms with Crippen LogP contribution in [0.1, 0.15) is 30.4 Å². The maximum atomic E-state index is 12.7. The van der Waals surface area contributed by atoms with Gasteiger partial charge in [0, 0.05) is 24.8 Å². The summed E-state index contributed by atoms with van der Waals surface area (Å²) >= 11 is 0. The molecule has 29 heavy (non-hydrogen) atoms. The summed E-state index contributed by atoms with van der Waals surface area (Å²) < 4.78 is 27.0. The van der Waals surface area contributed by atoms with E-state index in [1.54, 1.807) is 28.4 Å². The number of piperidine rings is 1. The van der Waals surface area contributed by atoms with E-state index in [4.69, 9.17) is 0 Å². The molecule has 2 N–H and O–H groups in total. The minimum Gasteiger partial charge on any atom is -0.322 e. The Morgan fingerprint density at radius 3 is 2.34 bits per heavy atom. The first-order valence-corrected chi connectivity index (χ1v) is 11.3. The maximum Gasteiger partial charge on any atom is 0.274 e. The normalized spacial score (nSPS) is 15.1. The fourth-order valence-electron chi connectivity index (χ4n) is 3.55. The Morgan fingerprint density at radius 2 is 1.76 bits per heavy atom. The Kier molecular flexibility index (Phi) is 6.54. The number of sulfonamides is 1. The molecule has 1 amide bonds. The van der Waals surface area contributed by atoms with Crippen molar-refractivity contribution in [2.45, 2.75) is 38.0 Å². The molecule has 1 aliphatic heterocycles. The molecule has 1 fully saturated rings. The molecule has 2 aromatic rings. The van der Waals surface area contributed by atoms with Crippen LogP contribution in [0.15, 0.2) is 41.4 Å². The Bertz CT molecular complexity index is 948. The Morgan fingerprint density at radius 1 is 1.10 bits per heavy atom. The van der Waals surface area contributed by atoms with E-state index in [1.807, 2.05) is 32.0 Å². The first-order chi connectivity index (χ1) is 13.8. The number of hydrogen-bond acceptors (Lipinski definition) is 4. The Labute approximate surface area is 172 Å². The van der Waals surface area contributed by atoms with Crippen molar-refractivity contribution in [1.82, 2.24) is 4.31 Å². The molecule has 0 spiro atoms. The number of amides is 1. The summed E-state index contributed by atoms with van der Waals surface area (Å²) in [6, 6.07) is 9.17. The number of pyridine rings is 1. The summed E-state index contributed by atoms with van der Waals surface area (Å²) in [6.07, 6.45) is 4.38. The topological polar surface area (TPSA) is 83.9 Å². The molecular formula is C21H29N4O3S+. The van der Waals surface area contributed by atoms with Crippen molar-refractivity contribution in [2.24, 2.45) is 0 Å². The third-order valence-corrected chi connectivity index (χ3v) is 7.15. The molecule has 0 unspecified atom stereocenters. The van der Waals surface area contributed by atoms with E-state index in [-0.39, 0.29) is 17.3 Å². The number of carbonyl (C=O) groups is 1. The first kappa shape index (κ1) is 21.3. The van der Waals surface area contributed by atoms with Gasteiger partial charge in [-0.25, -0.2) is 13.4 Å². The highest BCUT2D eigenvalue weighted by Gasteiger charge is 2.27. The van der Waals surface area contributed by atoms with Gasteiger partial charge >= 0.3 is 0 Å². The minimum absolute atomic E-state index is 0.136. The zero-order valence-corrected chi connectivity index (χ0v) is 18.1.